The minimum absolute atomic E-state index is 0.0110. The predicted molar refractivity (Wildman–Crippen MR) is 393 cm³/mol. The normalized spacial score (nSPS) is 12.6. The van der Waals surface area contributed by atoms with Gasteiger partial charge in [0, 0.05) is 12.8 Å². The van der Waals surface area contributed by atoms with E-state index >= 15 is 0 Å². The van der Waals surface area contributed by atoms with Crippen LogP contribution in [0.4, 0.5) is 0 Å². The van der Waals surface area contributed by atoms with E-state index in [1.807, 2.05) is 6.08 Å². The number of hydrogen-bond donors (Lipinski definition) is 3. The van der Waals surface area contributed by atoms with Crippen LogP contribution in [0.3, 0.4) is 0 Å². The zero-order valence-corrected chi connectivity index (χ0v) is 60.4. The van der Waals surface area contributed by atoms with Gasteiger partial charge in [-0.05, 0) is 64.2 Å². The number of rotatable bonds is 77. The third-order valence-corrected chi connectivity index (χ3v) is 19.2. The first-order chi connectivity index (χ1) is 44.0. The number of aliphatic hydroxyl groups excluding tert-OH is 2. The van der Waals surface area contributed by atoms with Crippen LogP contribution in [0.2, 0.25) is 0 Å². The summed E-state index contributed by atoms with van der Waals surface area (Å²) in [5.74, 6) is -0.0472. The van der Waals surface area contributed by atoms with Gasteiger partial charge in [-0.2, -0.15) is 0 Å². The molecule has 6 heteroatoms. The summed E-state index contributed by atoms with van der Waals surface area (Å²) in [4.78, 5) is 24.6. The molecule has 0 aliphatic heterocycles. The molecule has 526 valence electrons. The molecule has 0 radical (unpaired) electrons. The molecule has 0 heterocycles. The van der Waals surface area contributed by atoms with Crippen molar-refractivity contribution in [2.45, 2.75) is 469 Å². The minimum atomic E-state index is -0.840. The van der Waals surface area contributed by atoms with Crippen molar-refractivity contribution in [2.75, 3.05) is 13.2 Å². The maximum atomic E-state index is 12.5. The van der Waals surface area contributed by atoms with Crippen LogP contribution in [0.15, 0.2) is 36.5 Å². The number of nitrogens with one attached hydrogen (secondary N) is 1. The second-order valence-corrected chi connectivity index (χ2v) is 28.1. The number of ether oxygens (including phenoxy) is 1. The van der Waals surface area contributed by atoms with E-state index in [-0.39, 0.29) is 18.5 Å². The molecule has 0 aliphatic carbocycles. The zero-order valence-electron chi connectivity index (χ0n) is 60.4. The Hall–Kier alpha value is -1.92. The highest BCUT2D eigenvalue weighted by molar-refractivity contribution is 5.76. The molecule has 0 bridgehead atoms. The molecule has 0 aromatic rings. The van der Waals surface area contributed by atoms with Crippen molar-refractivity contribution in [3.8, 4) is 0 Å². The highest BCUT2D eigenvalue weighted by atomic mass is 16.5. The van der Waals surface area contributed by atoms with Crippen molar-refractivity contribution in [1.82, 2.24) is 5.32 Å². The van der Waals surface area contributed by atoms with Crippen molar-refractivity contribution in [2.24, 2.45) is 0 Å². The maximum Gasteiger partial charge on any atom is 0.305 e. The number of unbranched alkanes of at least 4 members (excludes halogenated alkanes) is 62. The van der Waals surface area contributed by atoms with Crippen molar-refractivity contribution in [1.29, 1.82) is 0 Å². The summed E-state index contributed by atoms with van der Waals surface area (Å²) in [6.07, 6.45) is 103. The second kappa shape index (κ2) is 78.5. The van der Waals surface area contributed by atoms with Gasteiger partial charge in [0.1, 0.15) is 0 Å². The number of amides is 1. The van der Waals surface area contributed by atoms with Gasteiger partial charge in [0.15, 0.2) is 0 Å². The largest absolute Gasteiger partial charge is 0.466 e. The van der Waals surface area contributed by atoms with Crippen LogP contribution >= 0.6 is 0 Å². The first-order valence-electron chi connectivity index (χ1n) is 40.8. The monoisotopic (exact) mass is 1250 g/mol. The van der Waals surface area contributed by atoms with Gasteiger partial charge in [0.2, 0.25) is 5.91 Å². The van der Waals surface area contributed by atoms with E-state index in [2.05, 4.69) is 43.5 Å². The Kier molecular flexibility index (Phi) is 76.8. The predicted octanol–water partition coefficient (Wildman–Crippen LogP) is 27.0. The molecule has 0 aromatic carbocycles. The number of esters is 1. The average Bonchev–Trinajstić information content (AvgIpc) is 3.63. The van der Waals surface area contributed by atoms with Gasteiger partial charge >= 0.3 is 5.97 Å². The summed E-state index contributed by atoms with van der Waals surface area (Å²) in [6, 6.07) is -0.623. The summed E-state index contributed by atoms with van der Waals surface area (Å²) in [5, 5.41) is 23.2. The molecule has 3 N–H and O–H groups in total. The van der Waals surface area contributed by atoms with Gasteiger partial charge in [-0.25, -0.2) is 0 Å². The Morgan fingerprint density at radius 3 is 0.865 bits per heavy atom. The topological polar surface area (TPSA) is 95.9 Å². The van der Waals surface area contributed by atoms with Crippen LogP contribution in [-0.4, -0.2) is 47.4 Å². The quantitative estimate of drug-likeness (QED) is 0.0320. The Labute approximate surface area is 557 Å². The SMILES string of the molecule is CCCCCC/C=C\C/C=C\CCCCCCCC(=O)OCCCCCCCCCCCCCCCCCCCCCCCCCCCCCCCCCCCCCCCCCC(=O)NC(CO)C(O)/C=C/CCCCCCCCCCCCCCCCC. The molecule has 0 spiro atoms. The molecule has 0 aliphatic rings. The number of hydrogen-bond acceptors (Lipinski definition) is 5. The van der Waals surface area contributed by atoms with Gasteiger partial charge in [-0.3, -0.25) is 9.59 Å². The van der Waals surface area contributed by atoms with Gasteiger partial charge in [0.25, 0.3) is 0 Å². The fraction of sp³-hybridized carbons (Fsp3) is 0.904. The lowest BCUT2D eigenvalue weighted by atomic mass is 10.0. The molecule has 0 saturated carbocycles. The number of carbonyl (C=O) groups excluding carboxylic acids is 2. The van der Waals surface area contributed by atoms with E-state index in [1.54, 1.807) is 6.08 Å². The molecular weight excluding hydrogens is 1090 g/mol. The van der Waals surface area contributed by atoms with E-state index in [1.165, 1.54) is 379 Å². The van der Waals surface area contributed by atoms with Crippen molar-refractivity contribution in [3.05, 3.63) is 36.5 Å². The Bertz CT molecular complexity index is 1440. The van der Waals surface area contributed by atoms with Gasteiger partial charge in [-0.1, -0.05) is 416 Å². The van der Waals surface area contributed by atoms with Crippen LogP contribution in [0.5, 0.6) is 0 Å². The molecule has 0 rings (SSSR count). The lowest BCUT2D eigenvalue weighted by Crippen LogP contribution is -2.45. The lowest BCUT2D eigenvalue weighted by Gasteiger charge is -2.20. The average molecular weight is 1250 g/mol. The van der Waals surface area contributed by atoms with Gasteiger partial charge in [0.05, 0.1) is 25.4 Å². The van der Waals surface area contributed by atoms with Crippen LogP contribution in [0.1, 0.15) is 457 Å². The third kappa shape index (κ3) is 75.0. The Morgan fingerprint density at radius 2 is 0.562 bits per heavy atom. The van der Waals surface area contributed by atoms with Crippen LogP contribution in [-0.2, 0) is 14.3 Å². The van der Waals surface area contributed by atoms with Crippen molar-refractivity contribution in [3.63, 3.8) is 0 Å². The van der Waals surface area contributed by atoms with Gasteiger partial charge in [-0.15, -0.1) is 0 Å². The van der Waals surface area contributed by atoms with E-state index < -0.39 is 12.1 Å². The number of carbonyl (C=O) groups is 2. The standard InChI is InChI=1S/C83H159NO5/c1-3-5-7-9-11-13-15-17-19-44-47-51-55-59-63-67-71-75-81(86)80(79-85)84-82(87)76-72-68-64-60-56-52-48-45-42-40-38-36-34-32-30-28-26-24-22-21-23-25-27-29-31-33-35-37-39-41-43-46-50-54-58-62-66-70-74-78-89-83(88)77-73-69-65-61-57-53-49-20-18-16-14-12-10-8-6-4-2/h14,16,20,49,71,75,80-81,85-86H,3-13,15,17-19,21-48,50-70,72-74,76-79H2,1-2H3,(H,84,87)/b16-14-,49-20-,75-71+. The summed E-state index contributed by atoms with van der Waals surface area (Å²) in [6.45, 7) is 4.93. The molecular formula is C83H159NO5. The smallest absolute Gasteiger partial charge is 0.305 e. The number of aliphatic hydroxyl groups is 2. The maximum absolute atomic E-state index is 12.5. The minimum Gasteiger partial charge on any atom is -0.466 e. The summed E-state index contributed by atoms with van der Waals surface area (Å²) >= 11 is 0. The van der Waals surface area contributed by atoms with Crippen LogP contribution in [0, 0.1) is 0 Å². The van der Waals surface area contributed by atoms with E-state index in [9.17, 15) is 19.8 Å². The summed E-state index contributed by atoms with van der Waals surface area (Å²) < 4.78 is 5.50. The van der Waals surface area contributed by atoms with Gasteiger partial charge < -0.3 is 20.3 Å². The van der Waals surface area contributed by atoms with E-state index in [0.717, 1.165) is 51.4 Å². The van der Waals surface area contributed by atoms with E-state index in [4.69, 9.17) is 4.74 Å². The molecule has 2 unspecified atom stereocenters. The Balaban J connectivity index is 3.31. The fourth-order valence-corrected chi connectivity index (χ4v) is 13.0. The molecule has 0 saturated heterocycles. The van der Waals surface area contributed by atoms with Crippen LogP contribution in [0.25, 0.3) is 0 Å². The molecule has 0 fully saturated rings. The first-order valence-corrected chi connectivity index (χ1v) is 40.8. The third-order valence-electron chi connectivity index (χ3n) is 19.2. The summed E-state index contributed by atoms with van der Waals surface area (Å²) in [7, 11) is 0. The molecule has 1 amide bonds. The summed E-state index contributed by atoms with van der Waals surface area (Å²) in [5.41, 5.74) is 0. The fourth-order valence-electron chi connectivity index (χ4n) is 13.0. The van der Waals surface area contributed by atoms with Crippen molar-refractivity contribution < 1.29 is 24.5 Å². The highest BCUT2D eigenvalue weighted by Gasteiger charge is 2.18. The molecule has 0 aromatic heterocycles. The molecule has 89 heavy (non-hydrogen) atoms. The molecule has 2 atom stereocenters. The zero-order chi connectivity index (χ0) is 64.2. The lowest BCUT2D eigenvalue weighted by molar-refractivity contribution is -0.143. The second-order valence-electron chi connectivity index (χ2n) is 28.1. The van der Waals surface area contributed by atoms with E-state index in [0.29, 0.717) is 19.4 Å². The van der Waals surface area contributed by atoms with Crippen LogP contribution < -0.4 is 5.32 Å². The molecule has 6 nitrogen and oxygen atoms in total. The first kappa shape index (κ1) is 87.1. The number of allylic oxidation sites excluding steroid dienone is 5. The Morgan fingerprint density at radius 1 is 0.315 bits per heavy atom. The highest BCUT2D eigenvalue weighted by Crippen LogP contribution is 2.20. The van der Waals surface area contributed by atoms with Crippen molar-refractivity contribution >= 4 is 11.9 Å².